The van der Waals surface area contributed by atoms with E-state index in [4.69, 9.17) is 9.47 Å². The Labute approximate surface area is 153 Å². The Kier molecular flexibility index (Phi) is 6.98. The summed E-state index contributed by atoms with van der Waals surface area (Å²) in [5.74, 6) is 3.32. The normalized spacial score (nSPS) is 30.5. The summed E-state index contributed by atoms with van der Waals surface area (Å²) in [4.78, 5) is 0. The molecule has 25 heavy (non-hydrogen) atoms. The molecule has 1 aromatic carbocycles. The second kappa shape index (κ2) is 9.43. The van der Waals surface area contributed by atoms with Crippen molar-refractivity contribution in [2.45, 2.75) is 64.4 Å². The van der Waals surface area contributed by atoms with Crippen LogP contribution in [0.2, 0.25) is 0 Å². The van der Waals surface area contributed by atoms with Crippen LogP contribution in [-0.4, -0.2) is 13.7 Å². The fraction of sp³-hybridized carbons (Fsp3) is 0.652. The quantitative estimate of drug-likeness (QED) is 0.563. The lowest BCUT2D eigenvalue weighted by Gasteiger charge is -2.29. The molecule has 1 saturated carbocycles. The number of methoxy groups -OCH3 is 1. The molecule has 2 atom stereocenters. The molecular weight excluding hydrogens is 308 g/mol. The molecule has 138 valence electrons. The van der Waals surface area contributed by atoms with Gasteiger partial charge in [-0.2, -0.15) is 0 Å². The van der Waals surface area contributed by atoms with E-state index in [1.54, 1.807) is 7.11 Å². The van der Waals surface area contributed by atoms with Crippen LogP contribution in [-0.2, 0) is 4.74 Å². The molecule has 3 rings (SSSR count). The highest BCUT2D eigenvalue weighted by Crippen LogP contribution is 2.34. The highest BCUT2D eigenvalue weighted by atomic mass is 16.5. The molecule has 1 aromatic rings. The summed E-state index contributed by atoms with van der Waals surface area (Å²) < 4.78 is 11.4. The van der Waals surface area contributed by atoms with Crippen molar-refractivity contribution in [3.8, 4) is 5.75 Å². The van der Waals surface area contributed by atoms with Gasteiger partial charge in [-0.05, 0) is 68.1 Å². The highest BCUT2D eigenvalue weighted by molar-refractivity contribution is 5.28. The molecule has 1 aliphatic carbocycles. The van der Waals surface area contributed by atoms with Crippen LogP contribution in [0.1, 0.15) is 70.0 Å². The van der Waals surface area contributed by atoms with E-state index in [0.717, 1.165) is 30.6 Å². The van der Waals surface area contributed by atoms with Gasteiger partial charge in [-0.3, -0.25) is 0 Å². The summed E-state index contributed by atoms with van der Waals surface area (Å²) in [6.07, 6.45) is 16.0. The minimum Gasteiger partial charge on any atom is -0.497 e. The van der Waals surface area contributed by atoms with Crippen LogP contribution in [0.3, 0.4) is 0 Å². The fourth-order valence-electron chi connectivity index (χ4n) is 4.40. The first kappa shape index (κ1) is 18.5. The Morgan fingerprint density at radius 3 is 2.24 bits per heavy atom. The Morgan fingerprint density at radius 2 is 1.64 bits per heavy atom. The molecule has 2 fully saturated rings. The molecule has 0 N–H and O–H groups in total. The SMILES string of the molecule is CCCC1CCC(/C=C/C2CCC(c3ccc(OC)cc3)OC2)CC1. The number of rotatable bonds is 6. The van der Waals surface area contributed by atoms with Gasteiger partial charge in [-0.15, -0.1) is 0 Å². The third kappa shape index (κ3) is 5.34. The third-order valence-corrected chi connectivity index (χ3v) is 6.04. The van der Waals surface area contributed by atoms with Crippen LogP contribution in [0.5, 0.6) is 5.75 Å². The van der Waals surface area contributed by atoms with Crippen molar-refractivity contribution in [1.29, 1.82) is 0 Å². The van der Waals surface area contributed by atoms with Crippen molar-refractivity contribution in [2.24, 2.45) is 17.8 Å². The van der Waals surface area contributed by atoms with Crippen LogP contribution in [0.25, 0.3) is 0 Å². The number of allylic oxidation sites excluding steroid dienone is 1. The van der Waals surface area contributed by atoms with Crippen molar-refractivity contribution in [3.63, 3.8) is 0 Å². The minimum atomic E-state index is 0.250. The van der Waals surface area contributed by atoms with Crippen LogP contribution in [0.15, 0.2) is 36.4 Å². The maximum Gasteiger partial charge on any atom is 0.118 e. The number of hydrogen-bond donors (Lipinski definition) is 0. The maximum atomic E-state index is 6.15. The van der Waals surface area contributed by atoms with Gasteiger partial charge in [0.15, 0.2) is 0 Å². The summed E-state index contributed by atoms with van der Waals surface area (Å²) in [6, 6.07) is 8.32. The monoisotopic (exact) mass is 342 g/mol. The first-order valence-electron chi connectivity index (χ1n) is 10.2. The summed E-state index contributed by atoms with van der Waals surface area (Å²) in [5.41, 5.74) is 1.28. The topological polar surface area (TPSA) is 18.5 Å². The summed E-state index contributed by atoms with van der Waals surface area (Å²) >= 11 is 0. The zero-order chi connectivity index (χ0) is 17.5. The largest absolute Gasteiger partial charge is 0.497 e. The first-order chi connectivity index (χ1) is 12.3. The van der Waals surface area contributed by atoms with Gasteiger partial charge in [-0.1, -0.05) is 44.1 Å². The van der Waals surface area contributed by atoms with E-state index < -0.39 is 0 Å². The molecule has 1 aliphatic heterocycles. The molecule has 0 bridgehead atoms. The summed E-state index contributed by atoms with van der Waals surface area (Å²) in [5, 5.41) is 0. The van der Waals surface area contributed by atoms with Crippen molar-refractivity contribution in [1.82, 2.24) is 0 Å². The molecule has 2 heteroatoms. The molecule has 0 aromatic heterocycles. The lowest BCUT2D eigenvalue weighted by atomic mass is 9.79. The zero-order valence-corrected chi connectivity index (χ0v) is 16.0. The predicted molar refractivity (Wildman–Crippen MR) is 104 cm³/mol. The fourth-order valence-corrected chi connectivity index (χ4v) is 4.40. The van der Waals surface area contributed by atoms with Crippen LogP contribution in [0, 0.1) is 17.8 Å². The van der Waals surface area contributed by atoms with Gasteiger partial charge in [0.2, 0.25) is 0 Å². The van der Waals surface area contributed by atoms with Gasteiger partial charge in [0.05, 0.1) is 19.8 Å². The average molecular weight is 343 g/mol. The lowest BCUT2D eigenvalue weighted by Crippen LogP contribution is -2.20. The summed E-state index contributed by atoms with van der Waals surface area (Å²) in [6.45, 7) is 3.17. The van der Waals surface area contributed by atoms with Crippen LogP contribution >= 0.6 is 0 Å². The number of ether oxygens (including phenoxy) is 2. The van der Waals surface area contributed by atoms with Gasteiger partial charge in [-0.25, -0.2) is 0 Å². The van der Waals surface area contributed by atoms with Gasteiger partial charge in [0.1, 0.15) is 5.75 Å². The lowest BCUT2D eigenvalue weighted by molar-refractivity contribution is -0.00538. The second-order valence-corrected chi connectivity index (χ2v) is 7.89. The van der Waals surface area contributed by atoms with E-state index in [0.29, 0.717) is 5.92 Å². The Bertz CT molecular complexity index is 518. The van der Waals surface area contributed by atoms with Gasteiger partial charge >= 0.3 is 0 Å². The molecular formula is C23H34O2. The number of benzene rings is 1. The van der Waals surface area contributed by atoms with E-state index in [-0.39, 0.29) is 6.10 Å². The summed E-state index contributed by atoms with van der Waals surface area (Å²) in [7, 11) is 1.71. The second-order valence-electron chi connectivity index (χ2n) is 7.89. The van der Waals surface area contributed by atoms with Crippen LogP contribution in [0.4, 0.5) is 0 Å². The molecule has 0 spiro atoms. The average Bonchev–Trinajstić information content (AvgIpc) is 2.68. The molecule has 2 aliphatic rings. The van der Waals surface area contributed by atoms with Gasteiger partial charge in [0, 0.05) is 5.92 Å². The standard InChI is InChI=1S/C23H34O2/c1-3-4-18-5-7-19(8-6-18)9-10-20-11-16-23(25-17-20)21-12-14-22(24-2)15-13-21/h9-10,12-15,18-20,23H,3-8,11,16-17H2,1-2H3/b10-9+. The van der Waals surface area contributed by atoms with Crippen molar-refractivity contribution < 1.29 is 9.47 Å². The maximum absolute atomic E-state index is 6.15. The van der Waals surface area contributed by atoms with Gasteiger partial charge in [0.25, 0.3) is 0 Å². The van der Waals surface area contributed by atoms with E-state index in [9.17, 15) is 0 Å². The van der Waals surface area contributed by atoms with Crippen LogP contribution < -0.4 is 4.74 Å². The molecule has 1 saturated heterocycles. The highest BCUT2D eigenvalue weighted by Gasteiger charge is 2.23. The van der Waals surface area contributed by atoms with E-state index in [1.165, 1.54) is 50.5 Å². The predicted octanol–water partition coefficient (Wildman–Crippen LogP) is 6.33. The zero-order valence-electron chi connectivity index (χ0n) is 16.0. The van der Waals surface area contributed by atoms with E-state index in [1.807, 2.05) is 12.1 Å². The van der Waals surface area contributed by atoms with Crippen molar-refractivity contribution in [3.05, 3.63) is 42.0 Å². The number of hydrogen-bond acceptors (Lipinski definition) is 2. The third-order valence-electron chi connectivity index (χ3n) is 6.04. The molecule has 2 unspecified atom stereocenters. The smallest absolute Gasteiger partial charge is 0.118 e. The minimum absolute atomic E-state index is 0.250. The Balaban J connectivity index is 1.41. The molecule has 2 nitrogen and oxygen atoms in total. The molecule has 0 amide bonds. The van der Waals surface area contributed by atoms with Gasteiger partial charge < -0.3 is 9.47 Å². The van der Waals surface area contributed by atoms with E-state index in [2.05, 4.69) is 31.2 Å². The van der Waals surface area contributed by atoms with Crippen molar-refractivity contribution >= 4 is 0 Å². The van der Waals surface area contributed by atoms with Crippen molar-refractivity contribution in [2.75, 3.05) is 13.7 Å². The Hall–Kier alpha value is -1.28. The van der Waals surface area contributed by atoms with E-state index >= 15 is 0 Å². The Morgan fingerprint density at radius 1 is 0.960 bits per heavy atom. The molecule has 0 radical (unpaired) electrons. The first-order valence-corrected chi connectivity index (χ1v) is 10.2. The molecule has 1 heterocycles.